The number of aromatic nitrogens is 2. The minimum Gasteiger partial charge on any atom is -0.360 e. The highest BCUT2D eigenvalue weighted by molar-refractivity contribution is 9.10. The van der Waals surface area contributed by atoms with Crippen molar-refractivity contribution in [3.63, 3.8) is 0 Å². The third kappa shape index (κ3) is 2.56. The lowest BCUT2D eigenvalue weighted by molar-refractivity contribution is -0.118. The van der Waals surface area contributed by atoms with Crippen LogP contribution in [0.1, 0.15) is 0 Å². The van der Waals surface area contributed by atoms with Crippen molar-refractivity contribution < 1.29 is 4.79 Å². The van der Waals surface area contributed by atoms with Crippen LogP contribution in [0.4, 0.5) is 5.82 Å². The summed E-state index contributed by atoms with van der Waals surface area (Å²) in [5.74, 6) is 0.163. The molecule has 76 valence electrons. The van der Waals surface area contributed by atoms with Gasteiger partial charge in [0.25, 0.3) is 5.56 Å². The third-order valence-electron chi connectivity index (χ3n) is 1.49. The Balaban J connectivity index is 2.73. The highest BCUT2D eigenvalue weighted by Crippen LogP contribution is 2.12. The maximum atomic E-state index is 11.1. The van der Waals surface area contributed by atoms with Crippen molar-refractivity contribution in [2.24, 2.45) is 0 Å². The molecule has 0 aliphatic carbocycles. The standard InChI is InChI=1S/C7H9BrN4O2/c1-9-4(13)2-10-6-5(8)7(14)12-3-11-6/h3H,2H2,1H3,(H,9,13)(H2,10,11,12,14). The molecule has 0 aliphatic rings. The van der Waals surface area contributed by atoms with Crippen LogP contribution in [-0.4, -0.2) is 29.5 Å². The van der Waals surface area contributed by atoms with Gasteiger partial charge in [0.05, 0.1) is 12.9 Å². The third-order valence-corrected chi connectivity index (χ3v) is 2.23. The number of aromatic amines is 1. The lowest BCUT2D eigenvalue weighted by atomic mass is 10.5. The molecule has 1 rings (SSSR count). The van der Waals surface area contributed by atoms with E-state index in [1.807, 2.05) is 0 Å². The Bertz CT molecular complexity index is 390. The fourth-order valence-corrected chi connectivity index (χ4v) is 1.12. The van der Waals surface area contributed by atoms with Crippen molar-refractivity contribution in [1.82, 2.24) is 15.3 Å². The summed E-state index contributed by atoms with van der Waals surface area (Å²) in [6.45, 7) is 0.0750. The maximum Gasteiger partial charge on any atom is 0.267 e. The Kier molecular flexibility index (Phi) is 3.63. The molecule has 0 spiro atoms. The Morgan fingerprint density at radius 2 is 2.43 bits per heavy atom. The molecule has 6 nitrogen and oxygen atoms in total. The lowest BCUT2D eigenvalue weighted by Crippen LogP contribution is -2.27. The molecule has 0 aliphatic heterocycles. The molecule has 0 radical (unpaired) electrons. The number of H-pyrrole nitrogens is 1. The number of anilines is 1. The minimum atomic E-state index is -0.292. The van der Waals surface area contributed by atoms with E-state index in [-0.39, 0.29) is 22.5 Å². The summed E-state index contributed by atoms with van der Waals surface area (Å²) in [4.78, 5) is 28.2. The van der Waals surface area contributed by atoms with Gasteiger partial charge in [-0.1, -0.05) is 0 Å². The summed E-state index contributed by atoms with van der Waals surface area (Å²) >= 11 is 3.05. The van der Waals surface area contributed by atoms with Crippen LogP contribution >= 0.6 is 15.9 Å². The molecule has 7 heteroatoms. The summed E-state index contributed by atoms with van der Waals surface area (Å²) < 4.78 is 0.281. The number of carbonyl (C=O) groups excluding carboxylic acids is 1. The van der Waals surface area contributed by atoms with Gasteiger partial charge in [0.2, 0.25) is 5.91 Å². The van der Waals surface area contributed by atoms with E-state index >= 15 is 0 Å². The molecular formula is C7H9BrN4O2. The van der Waals surface area contributed by atoms with Gasteiger partial charge in [0, 0.05) is 7.05 Å². The number of amides is 1. The Morgan fingerprint density at radius 1 is 1.71 bits per heavy atom. The zero-order valence-corrected chi connectivity index (χ0v) is 9.01. The smallest absolute Gasteiger partial charge is 0.267 e. The van der Waals surface area contributed by atoms with Crippen molar-refractivity contribution in [3.05, 3.63) is 21.2 Å². The van der Waals surface area contributed by atoms with Gasteiger partial charge in [-0.05, 0) is 15.9 Å². The number of nitrogens with zero attached hydrogens (tertiary/aromatic N) is 1. The first-order valence-electron chi connectivity index (χ1n) is 3.82. The summed E-state index contributed by atoms with van der Waals surface area (Å²) in [5.41, 5.74) is -0.292. The molecule has 0 atom stereocenters. The molecule has 0 fully saturated rings. The second kappa shape index (κ2) is 4.75. The molecule has 14 heavy (non-hydrogen) atoms. The number of hydrogen-bond donors (Lipinski definition) is 3. The van der Waals surface area contributed by atoms with Crippen LogP contribution < -0.4 is 16.2 Å². The average molecular weight is 261 g/mol. The van der Waals surface area contributed by atoms with Crippen LogP contribution in [0.2, 0.25) is 0 Å². The Labute approximate surface area is 88.3 Å². The number of nitrogens with one attached hydrogen (secondary N) is 3. The fourth-order valence-electron chi connectivity index (χ4n) is 0.759. The predicted octanol–water partition coefficient (Wildman–Crippen LogP) is -0.310. The normalized spacial score (nSPS) is 9.57. The molecule has 0 unspecified atom stereocenters. The molecule has 0 saturated heterocycles. The number of hydrogen-bond acceptors (Lipinski definition) is 4. The van der Waals surface area contributed by atoms with Crippen LogP contribution in [0.3, 0.4) is 0 Å². The average Bonchev–Trinajstić information content (AvgIpc) is 2.20. The minimum absolute atomic E-state index is 0.0750. The summed E-state index contributed by atoms with van der Waals surface area (Å²) in [5, 5.41) is 5.15. The SMILES string of the molecule is CNC(=O)CNc1nc[nH]c(=O)c1Br. The van der Waals surface area contributed by atoms with E-state index < -0.39 is 0 Å². The van der Waals surface area contributed by atoms with Crippen LogP contribution in [-0.2, 0) is 4.79 Å². The summed E-state index contributed by atoms with van der Waals surface area (Å²) in [6, 6.07) is 0. The van der Waals surface area contributed by atoms with Crippen molar-refractivity contribution in [1.29, 1.82) is 0 Å². The highest BCUT2D eigenvalue weighted by Gasteiger charge is 2.05. The van der Waals surface area contributed by atoms with Gasteiger partial charge in [-0.25, -0.2) is 4.98 Å². The van der Waals surface area contributed by atoms with Gasteiger partial charge in [-0.15, -0.1) is 0 Å². The van der Waals surface area contributed by atoms with Gasteiger partial charge >= 0.3 is 0 Å². The van der Waals surface area contributed by atoms with Crippen molar-refractivity contribution in [2.45, 2.75) is 0 Å². The molecule has 1 aromatic heterocycles. The first kappa shape index (κ1) is 10.7. The number of carbonyl (C=O) groups is 1. The lowest BCUT2D eigenvalue weighted by Gasteiger charge is -2.04. The van der Waals surface area contributed by atoms with E-state index in [1.165, 1.54) is 13.4 Å². The maximum absolute atomic E-state index is 11.1. The highest BCUT2D eigenvalue weighted by atomic mass is 79.9. The molecule has 3 N–H and O–H groups in total. The van der Waals surface area contributed by atoms with Crippen molar-refractivity contribution in [2.75, 3.05) is 18.9 Å². The van der Waals surface area contributed by atoms with Gasteiger partial charge in [-0.3, -0.25) is 9.59 Å². The van der Waals surface area contributed by atoms with Crippen LogP contribution in [0, 0.1) is 0 Å². The van der Waals surface area contributed by atoms with E-state index in [4.69, 9.17) is 0 Å². The number of halogens is 1. The van der Waals surface area contributed by atoms with Crippen LogP contribution in [0.5, 0.6) is 0 Å². The fraction of sp³-hybridized carbons (Fsp3) is 0.286. The topological polar surface area (TPSA) is 86.9 Å². The van der Waals surface area contributed by atoms with Gasteiger partial charge in [0.15, 0.2) is 0 Å². The van der Waals surface area contributed by atoms with E-state index in [1.54, 1.807) is 0 Å². The molecular weight excluding hydrogens is 252 g/mol. The molecule has 1 heterocycles. The molecule has 1 aromatic rings. The van der Waals surface area contributed by atoms with Gasteiger partial charge < -0.3 is 15.6 Å². The monoisotopic (exact) mass is 260 g/mol. The van der Waals surface area contributed by atoms with Crippen LogP contribution in [0.15, 0.2) is 15.6 Å². The van der Waals surface area contributed by atoms with Gasteiger partial charge in [-0.2, -0.15) is 0 Å². The van der Waals surface area contributed by atoms with E-state index in [0.29, 0.717) is 5.82 Å². The summed E-state index contributed by atoms with van der Waals surface area (Å²) in [7, 11) is 1.53. The largest absolute Gasteiger partial charge is 0.360 e. The Morgan fingerprint density at radius 3 is 3.07 bits per heavy atom. The van der Waals surface area contributed by atoms with E-state index in [9.17, 15) is 9.59 Å². The quantitative estimate of drug-likeness (QED) is 0.696. The van der Waals surface area contributed by atoms with Crippen molar-refractivity contribution >= 4 is 27.7 Å². The zero-order valence-electron chi connectivity index (χ0n) is 7.43. The van der Waals surface area contributed by atoms with E-state index in [0.717, 1.165) is 0 Å². The van der Waals surface area contributed by atoms with E-state index in [2.05, 4.69) is 36.5 Å². The number of rotatable bonds is 3. The second-order valence-electron chi connectivity index (χ2n) is 2.42. The predicted molar refractivity (Wildman–Crippen MR) is 55.1 cm³/mol. The molecule has 0 aromatic carbocycles. The second-order valence-corrected chi connectivity index (χ2v) is 3.21. The van der Waals surface area contributed by atoms with Crippen molar-refractivity contribution in [3.8, 4) is 0 Å². The molecule has 0 saturated carbocycles. The Hall–Kier alpha value is -1.37. The van der Waals surface area contributed by atoms with Gasteiger partial charge in [0.1, 0.15) is 10.3 Å². The summed E-state index contributed by atoms with van der Waals surface area (Å²) in [6.07, 6.45) is 1.26. The zero-order chi connectivity index (χ0) is 10.6. The number of likely N-dealkylation sites (N-methyl/N-ethyl adjacent to an activating group) is 1. The molecule has 0 bridgehead atoms. The first-order valence-corrected chi connectivity index (χ1v) is 4.62. The first-order chi connectivity index (χ1) is 6.65. The van der Waals surface area contributed by atoms with Crippen LogP contribution in [0.25, 0.3) is 0 Å². The molecule has 1 amide bonds.